The quantitative estimate of drug-likeness (QED) is 0.323. The number of alkyl halides is 3. The van der Waals surface area contributed by atoms with Gasteiger partial charge < -0.3 is 10.2 Å². The second-order valence-electron chi connectivity index (χ2n) is 8.73. The van der Waals surface area contributed by atoms with Crippen molar-refractivity contribution in [1.82, 2.24) is 10.2 Å². The summed E-state index contributed by atoms with van der Waals surface area (Å²) in [6.45, 7) is 7.64. The van der Waals surface area contributed by atoms with E-state index in [9.17, 15) is 22.8 Å². The summed E-state index contributed by atoms with van der Waals surface area (Å²) in [7, 11) is 1.91. The van der Waals surface area contributed by atoms with E-state index in [0.717, 1.165) is 23.3 Å². The topological polar surface area (TPSA) is 58.6 Å². The number of Topliss-reactive ketones (excluding diaryl/α,β-unsaturated/α-hetero) is 1. The molecule has 0 spiro atoms. The molecule has 0 aliphatic carbocycles. The molecular formula is C27H32ClF3N2O3. The summed E-state index contributed by atoms with van der Waals surface area (Å²) in [6.07, 6.45) is -0.793. The van der Waals surface area contributed by atoms with E-state index in [1.54, 1.807) is 43.3 Å². The van der Waals surface area contributed by atoms with Crippen LogP contribution < -0.4 is 15.8 Å². The van der Waals surface area contributed by atoms with Crippen LogP contribution in [0.4, 0.5) is 13.2 Å². The third-order valence-electron chi connectivity index (χ3n) is 5.81. The summed E-state index contributed by atoms with van der Waals surface area (Å²) in [6, 6.07) is 10.3. The van der Waals surface area contributed by atoms with Gasteiger partial charge in [-0.2, -0.15) is 0 Å². The zero-order valence-corrected chi connectivity index (χ0v) is 21.5. The molecule has 1 unspecified atom stereocenters. The van der Waals surface area contributed by atoms with E-state index in [-0.39, 0.29) is 18.2 Å². The number of amides is 1. The number of nitrogens with zero attached hydrogens (tertiary/aromatic N) is 1. The van der Waals surface area contributed by atoms with Crippen LogP contribution in [0.3, 0.4) is 0 Å². The molecule has 196 valence electrons. The van der Waals surface area contributed by atoms with Gasteiger partial charge in [0.1, 0.15) is 0 Å². The summed E-state index contributed by atoms with van der Waals surface area (Å²) >= 11 is 5.89. The lowest BCUT2D eigenvalue weighted by atomic mass is 9.96. The van der Waals surface area contributed by atoms with Crippen molar-refractivity contribution < 1.29 is 27.5 Å². The number of carbonyl (C=O) groups excluding carboxylic acids is 2. The van der Waals surface area contributed by atoms with Crippen LogP contribution in [-0.4, -0.2) is 49.7 Å². The van der Waals surface area contributed by atoms with Crippen molar-refractivity contribution in [3.8, 4) is 0 Å². The molecule has 0 aliphatic heterocycles. The first-order valence-electron chi connectivity index (χ1n) is 11.7. The van der Waals surface area contributed by atoms with Crippen LogP contribution in [-0.2, 0) is 4.74 Å². The molecule has 1 amide bonds. The van der Waals surface area contributed by atoms with E-state index < -0.39 is 18.9 Å². The molecule has 2 rings (SSSR count). The second-order valence-corrected chi connectivity index (χ2v) is 9.16. The fourth-order valence-corrected chi connectivity index (χ4v) is 3.94. The minimum absolute atomic E-state index is 0.0756. The summed E-state index contributed by atoms with van der Waals surface area (Å²) in [5.41, 5.74) is 1.67. The lowest BCUT2D eigenvalue weighted by Crippen LogP contribution is -2.34. The number of hydrogen-bond donors (Lipinski definition) is 1. The molecule has 0 radical (unpaired) electrons. The Hall–Kier alpha value is -2.84. The minimum atomic E-state index is -4.73. The van der Waals surface area contributed by atoms with Crippen molar-refractivity contribution >= 4 is 36.1 Å². The van der Waals surface area contributed by atoms with Crippen LogP contribution in [0.15, 0.2) is 36.4 Å². The first-order chi connectivity index (χ1) is 16.9. The summed E-state index contributed by atoms with van der Waals surface area (Å²) in [5.74, 6) is -0.132. The molecule has 2 aromatic carbocycles. The highest BCUT2D eigenvalue weighted by molar-refractivity contribution is 6.30. The Labute approximate surface area is 214 Å². The van der Waals surface area contributed by atoms with Gasteiger partial charge in [-0.3, -0.25) is 14.3 Å². The van der Waals surface area contributed by atoms with Crippen molar-refractivity contribution in [2.45, 2.75) is 39.5 Å². The van der Waals surface area contributed by atoms with Crippen LogP contribution in [0.5, 0.6) is 0 Å². The van der Waals surface area contributed by atoms with Crippen molar-refractivity contribution in [1.29, 1.82) is 0 Å². The average Bonchev–Trinajstić information content (AvgIpc) is 2.80. The van der Waals surface area contributed by atoms with Gasteiger partial charge in [-0.05, 0) is 65.6 Å². The summed E-state index contributed by atoms with van der Waals surface area (Å²) in [4.78, 5) is 27.0. The van der Waals surface area contributed by atoms with Gasteiger partial charge >= 0.3 is 6.36 Å². The molecule has 0 bridgehead atoms. The third-order valence-corrected chi connectivity index (χ3v) is 6.07. The minimum Gasteiger partial charge on any atom is -0.380 e. The molecule has 0 saturated heterocycles. The molecule has 1 atom stereocenters. The van der Waals surface area contributed by atoms with E-state index >= 15 is 0 Å². The van der Waals surface area contributed by atoms with E-state index in [0.29, 0.717) is 34.7 Å². The number of carbonyl (C=O) groups is 2. The number of ketones is 1. The number of ether oxygens (including phenoxy) is 1. The zero-order chi connectivity index (χ0) is 26.9. The first-order valence-corrected chi connectivity index (χ1v) is 12.1. The average molecular weight is 525 g/mol. The number of benzene rings is 2. The molecule has 36 heavy (non-hydrogen) atoms. The maximum atomic E-state index is 12.5. The Bertz CT molecular complexity index is 1150. The Balaban J connectivity index is 2.03. The predicted molar refractivity (Wildman–Crippen MR) is 136 cm³/mol. The predicted octanol–water partition coefficient (Wildman–Crippen LogP) is 4.68. The van der Waals surface area contributed by atoms with Gasteiger partial charge in [0, 0.05) is 48.9 Å². The largest absolute Gasteiger partial charge is 0.522 e. The highest BCUT2D eigenvalue weighted by Crippen LogP contribution is 2.17. The highest BCUT2D eigenvalue weighted by Gasteiger charge is 2.28. The van der Waals surface area contributed by atoms with E-state index in [1.165, 1.54) is 0 Å². The number of halogens is 4. The van der Waals surface area contributed by atoms with Gasteiger partial charge in [0.2, 0.25) is 0 Å². The summed E-state index contributed by atoms with van der Waals surface area (Å²) < 4.78 is 40.0. The van der Waals surface area contributed by atoms with E-state index in [1.807, 2.05) is 18.1 Å². The lowest BCUT2D eigenvalue weighted by Gasteiger charge is -2.22. The number of aryl methyl sites for hydroxylation is 1. The smallest absolute Gasteiger partial charge is 0.380 e. The van der Waals surface area contributed by atoms with Crippen LogP contribution in [0.2, 0.25) is 5.02 Å². The molecule has 0 fully saturated rings. The highest BCUT2D eigenvalue weighted by atomic mass is 35.5. The van der Waals surface area contributed by atoms with E-state index in [4.69, 9.17) is 11.6 Å². The number of rotatable bonds is 12. The van der Waals surface area contributed by atoms with E-state index in [2.05, 4.69) is 23.6 Å². The molecule has 2 aromatic rings. The summed E-state index contributed by atoms with van der Waals surface area (Å²) in [5, 5.41) is 4.49. The Kier molecular flexibility index (Phi) is 11.0. The third kappa shape index (κ3) is 9.66. The number of hydrogen-bond acceptors (Lipinski definition) is 4. The Morgan fingerprint density at radius 1 is 1.22 bits per heavy atom. The SMILES string of the molecule is C=c1cc(C)c(C(=O)NCCOC(F)(F)F)c/c1=C/N(C)CC(CC)CCC(=O)c1ccc(Cl)cc1. The molecule has 0 saturated carbocycles. The van der Waals surface area contributed by atoms with Crippen molar-refractivity contribution in [3.63, 3.8) is 0 Å². The second kappa shape index (κ2) is 13.5. The lowest BCUT2D eigenvalue weighted by molar-refractivity contribution is -0.323. The van der Waals surface area contributed by atoms with Gasteiger partial charge in [0.05, 0.1) is 6.61 Å². The molecule has 0 heterocycles. The first kappa shape index (κ1) is 29.4. The maximum Gasteiger partial charge on any atom is 0.522 e. The molecule has 5 nitrogen and oxygen atoms in total. The van der Waals surface area contributed by atoms with Crippen LogP contribution in [0.1, 0.15) is 52.5 Å². The Morgan fingerprint density at radius 3 is 2.50 bits per heavy atom. The van der Waals surface area contributed by atoms with Gasteiger partial charge in [0.15, 0.2) is 5.78 Å². The molecule has 0 aliphatic rings. The van der Waals surface area contributed by atoms with Gasteiger partial charge in [-0.15, -0.1) is 13.2 Å². The maximum absolute atomic E-state index is 12.5. The fraction of sp³-hybridized carbons (Fsp3) is 0.407. The van der Waals surface area contributed by atoms with Crippen molar-refractivity contribution in [2.24, 2.45) is 5.92 Å². The van der Waals surface area contributed by atoms with Crippen LogP contribution in [0.25, 0.3) is 12.8 Å². The molecule has 0 aromatic heterocycles. The van der Waals surface area contributed by atoms with Crippen molar-refractivity contribution in [3.05, 3.63) is 68.5 Å². The monoisotopic (exact) mass is 524 g/mol. The molecule has 9 heteroatoms. The van der Waals surface area contributed by atoms with Gasteiger partial charge in [-0.25, -0.2) is 0 Å². The zero-order valence-electron chi connectivity index (χ0n) is 20.8. The van der Waals surface area contributed by atoms with Crippen molar-refractivity contribution in [2.75, 3.05) is 26.7 Å². The Morgan fingerprint density at radius 2 is 1.89 bits per heavy atom. The molecule has 1 N–H and O–H groups in total. The fourth-order valence-electron chi connectivity index (χ4n) is 3.81. The van der Waals surface area contributed by atoms with Crippen LogP contribution in [0, 0.1) is 12.8 Å². The standard InChI is InChI=1S/C27H32ClF3N2O3/c1-5-20(6-11-25(34)21-7-9-23(28)10-8-21)16-33(4)17-22-15-24(19(3)14-18(22)2)26(35)32-12-13-36-27(29,30)31/h7-10,14-15,17,20H,2,5-6,11-13,16H2,1,3-4H3,(H,32,35)/b22-17-. The number of nitrogens with one attached hydrogen (secondary N) is 1. The molecular weight excluding hydrogens is 493 g/mol. The van der Waals surface area contributed by atoms with Crippen LogP contribution >= 0.6 is 11.6 Å². The normalized spacial score (nSPS) is 12.9. The van der Waals surface area contributed by atoms with Gasteiger partial charge in [0.25, 0.3) is 5.91 Å². The van der Waals surface area contributed by atoms with Gasteiger partial charge in [-0.1, -0.05) is 37.6 Å².